The van der Waals surface area contributed by atoms with Crippen LogP contribution in [0.5, 0.6) is 0 Å². The van der Waals surface area contributed by atoms with Gasteiger partial charge >= 0.3 is 0 Å². The third-order valence-electron chi connectivity index (χ3n) is 7.11. The number of aryl methyl sites for hydroxylation is 1. The maximum Gasteiger partial charge on any atom is 0.220 e. The molecule has 0 saturated carbocycles. The van der Waals surface area contributed by atoms with Gasteiger partial charge in [0, 0.05) is 55.7 Å². The van der Waals surface area contributed by atoms with E-state index in [-0.39, 0.29) is 17.8 Å². The van der Waals surface area contributed by atoms with E-state index in [2.05, 4.69) is 39.3 Å². The number of benzene rings is 3. The van der Waals surface area contributed by atoms with Crippen LogP contribution in [-0.4, -0.2) is 60.5 Å². The molecule has 36 heavy (non-hydrogen) atoms. The number of rotatable bonds is 8. The highest BCUT2D eigenvalue weighted by Gasteiger charge is 2.22. The number of hydrogen-bond acceptors (Lipinski definition) is 3. The number of carbonyl (C=O) groups is 1. The number of amides is 1. The Morgan fingerprint density at radius 3 is 2.39 bits per heavy atom. The van der Waals surface area contributed by atoms with E-state index in [9.17, 15) is 9.18 Å². The van der Waals surface area contributed by atoms with Crippen LogP contribution in [-0.2, 0) is 11.2 Å². The molecule has 0 radical (unpaired) electrons. The van der Waals surface area contributed by atoms with Gasteiger partial charge in [0.15, 0.2) is 0 Å². The van der Waals surface area contributed by atoms with Crippen LogP contribution in [0.3, 0.4) is 0 Å². The molecule has 5 rings (SSSR count). The second-order valence-corrected chi connectivity index (χ2v) is 9.67. The Balaban J connectivity index is 1.34. The molecule has 1 aliphatic heterocycles. The standard InChI is InChI=1S/C30H33FN4O/c1-34-16-18-35(19-17-34)21-28(22-8-4-2-5-9-22)32-29(36)15-13-25-26-20-24(31)12-14-27(26)33-30(25)23-10-6-3-7-11-23/h2-12,14,20,28,33H,13,15-19,21H2,1H3,(H,32,36). The Bertz CT molecular complexity index is 1300. The van der Waals surface area contributed by atoms with Gasteiger partial charge in [0.2, 0.25) is 5.91 Å². The molecule has 186 valence electrons. The number of likely N-dealkylation sites (N-methyl/N-ethyl adjacent to an activating group) is 1. The van der Waals surface area contributed by atoms with E-state index in [1.54, 1.807) is 12.1 Å². The first-order valence-corrected chi connectivity index (χ1v) is 12.7. The first-order valence-electron chi connectivity index (χ1n) is 12.7. The van der Waals surface area contributed by atoms with E-state index in [4.69, 9.17) is 0 Å². The van der Waals surface area contributed by atoms with Gasteiger partial charge in [-0.15, -0.1) is 0 Å². The molecule has 1 saturated heterocycles. The number of carbonyl (C=O) groups excluding carboxylic acids is 1. The summed E-state index contributed by atoms with van der Waals surface area (Å²) in [4.78, 5) is 21.4. The van der Waals surface area contributed by atoms with Gasteiger partial charge in [-0.25, -0.2) is 4.39 Å². The molecule has 0 aliphatic carbocycles. The maximum atomic E-state index is 14.1. The molecule has 1 amide bonds. The highest BCUT2D eigenvalue weighted by molar-refractivity contribution is 5.91. The van der Waals surface area contributed by atoms with Crippen molar-refractivity contribution in [3.63, 3.8) is 0 Å². The molecule has 6 heteroatoms. The fraction of sp³-hybridized carbons (Fsp3) is 0.300. The summed E-state index contributed by atoms with van der Waals surface area (Å²) in [6.07, 6.45) is 0.852. The van der Waals surface area contributed by atoms with E-state index >= 15 is 0 Å². The van der Waals surface area contributed by atoms with E-state index in [0.29, 0.717) is 12.8 Å². The topological polar surface area (TPSA) is 51.4 Å². The Morgan fingerprint density at radius 1 is 0.972 bits per heavy atom. The average Bonchev–Trinajstić information content (AvgIpc) is 3.27. The Kier molecular flexibility index (Phi) is 7.44. The average molecular weight is 485 g/mol. The molecule has 1 aromatic heterocycles. The molecule has 0 bridgehead atoms. The van der Waals surface area contributed by atoms with Crippen LogP contribution in [0, 0.1) is 5.82 Å². The van der Waals surface area contributed by atoms with Crippen LogP contribution in [0.4, 0.5) is 4.39 Å². The zero-order valence-corrected chi connectivity index (χ0v) is 20.7. The van der Waals surface area contributed by atoms with Crippen LogP contribution in [0.1, 0.15) is 23.6 Å². The maximum absolute atomic E-state index is 14.1. The molecule has 0 spiro atoms. The van der Waals surface area contributed by atoms with E-state index in [0.717, 1.165) is 66.0 Å². The van der Waals surface area contributed by atoms with Crippen molar-refractivity contribution in [3.05, 3.63) is 95.8 Å². The van der Waals surface area contributed by atoms with Gasteiger partial charge in [-0.2, -0.15) is 0 Å². The number of hydrogen-bond donors (Lipinski definition) is 2. The lowest BCUT2D eigenvalue weighted by atomic mass is 10.0. The molecule has 2 N–H and O–H groups in total. The smallest absolute Gasteiger partial charge is 0.220 e. The summed E-state index contributed by atoms with van der Waals surface area (Å²) in [5.74, 6) is -0.272. The quantitative estimate of drug-likeness (QED) is 0.370. The number of nitrogens with zero attached hydrogens (tertiary/aromatic N) is 2. The Labute approximate surface area is 211 Å². The molecule has 1 unspecified atom stereocenters. The minimum Gasteiger partial charge on any atom is -0.354 e. The van der Waals surface area contributed by atoms with Gasteiger partial charge in [0.05, 0.1) is 6.04 Å². The Hall–Kier alpha value is -3.48. The van der Waals surface area contributed by atoms with E-state index < -0.39 is 0 Å². The fourth-order valence-electron chi connectivity index (χ4n) is 5.04. The molecule has 5 nitrogen and oxygen atoms in total. The third-order valence-corrected chi connectivity index (χ3v) is 7.11. The van der Waals surface area contributed by atoms with Crippen molar-refractivity contribution in [2.75, 3.05) is 39.8 Å². The number of nitrogens with one attached hydrogen (secondary N) is 2. The molecular formula is C30H33FN4O. The van der Waals surface area contributed by atoms with Gasteiger partial charge in [0.25, 0.3) is 0 Å². The van der Waals surface area contributed by atoms with Gasteiger partial charge < -0.3 is 15.2 Å². The number of fused-ring (bicyclic) bond motifs is 1. The van der Waals surface area contributed by atoms with Crippen molar-refractivity contribution in [2.45, 2.75) is 18.9 Å². The van der Waals surface area contributed by atoms with E-state index in [1.807, 2.05) is 48.5 Å². The van der Waals surface area contributed by atoms with Gasteiger partial charge in [-0.05, 0) is 48.4 Å². The van der Waals surface area contributed by atoms with E-state index in [1.165, 1.54) is 6.07 Å². The fourth-order valence-corrected chi connectivity index (χ4v) is 5.04. The number of aromatic amines is 1. The zero-order valence-electron chi connectivity index (χ0n) is 20.7. The monoisotopic (exact) mass is 484 g/mol. The highest BCUT2D eigenvalue weighted by atomic mass is 19.1. The summed E-state index contributed by atoms with van der Waals surface area (Å²) < 4.78 is 14.1. The second kappa shape index (κ2) is 11.1. The first kappa shape index (κ1) is 24.2. The highest BCUT2D eigenvalue weighted by Crippen LogP contribution is 2.32. The molecule has 1 atom stereocenters. The first-order chi connectivity index (χ1) is 17.6. The van der Waals surface area contributed by atoms with Crippen molar-refractivity contribution in [2.24, 2.45) is 0 Å². The van der Waals surface area contributed by atoms with Crippen molar-refractivity contribution < 1.29 is 9.18 Å². The third kappa shape index (κ3) is 5.66. The minimum absolute atomic E-state index is 0.00254. The molecule has 1 fully saturated rings. The van der Waals surface area contributed by atoms with Gasteiger partial charge in [-0.3, -0.25) is 9.69 Å². The van der Waals surface area contributed by atoms with Crippen molar-refractivity contribution in [1.29, 1.82) is 0 Å². The van der Waals surface area contributed by atoms with Crippen LogP contribution in [0.25, 0.3) is 22.2 Å². The molecule has 3 aromatic carbocycles. The summed E-state index contributed by atoms with van der Waals surface area (Å²) in [5.41, 5.74) is 4.94. The number of piperazine rings is 1. The normalized spacial score (nSPS) is 15.7. The van der Waals surface area contributed by atoms with Gasteiger partial charge in [0.1, 0.15) is 5.82 Å². The zero-order chi connectivity index (χ0) is 24.9. The SMILES string of the molecule is CN1CCN(CC(NC(=O)CCc2c(-c3ccccc3)[nH]c3ccc(F)cc23)c2ccccc2)CC1. The Morgan fingerprint density at radius 2 is 1.67 bits per heavy atom. The lowest BCUT2D eigenvalue weighted by molar-refractivity contribution is -0.122. The lowest BCUT2D eigenvalue weighted by Gasteiger charge is -2.35. The second-order valence-electron chi connectivity index (χ2n) is 9.67. The van der Waals surface area contributed by atoms with Crippen molar-refractivity contribution >= 4 is 16.8 Å². The van der Waals surface area contributed by atoms with Crippen LogP contribution < -0.4 is 5.32 Å². The summed E-state index contributed by atoms with van der Waals surface area (Å²) >= 11 is 0. The van der Waals surface area contributed by atoms with Crippen LogP contribution in [0.15, 0.2) is 78.9 Å². The largest absolute Gasteiger partial charge is 0.354 e. The van der Waals surface area contributed by atoms with Crippen LogP contribution >= 0.6 is 0 Å². The van der Waals surface area contributed by atoms with Crippen molar-refractivity contribution in [1.82, 2.24) is 20.1 Å². The summed E-state index contributed by atoms with van der Waals surface area (Å²) in [7, 11) is 2.15. The van der Waals surface area contributed by atoms with Gasteiger partial charge in [-0.1, -0.05) is 60.7 Å². The number of aromatic nitrogens is 1. The summed E-state index contributed by atoms with van der Waals surface area (Å²) in [5, 5.41) is 4.13. The minimum atomic E-state index is -0.275. The van der Waals surface area contributed by atoms with Crippen molar-refractivity contribution in [3.8, 4) is 11.3 Å². The number of H-pyrrole nitrogens is 1. The predicted molar refractivity (Wildman–Crippen MR) is 143 cm³/mol. The summed E-state index contributed by atoms with van der Waals surface area (Å²) in [6, 6.07) is 24.9. The predicted octanol–water partition coefficient (Wildman–Crippen LogP) is 5.01. The number of halogens is 1. The molecule has 2 heterocycles. The molecular weight excluding hydrogens is 451 g/mol. The lowest BCUT2D eigenvalue weighted by Crippen LogP contribution is -2.47. The van der Waals surface area contributed by atoms with Crippen LogP contribution in [0.2, 0.25) is 0 Å². The molecule has 4 aromatic rings. The summed E-state index contributed by atoms with van der Waals surface area (Å²) in [6.45, 7) is 4.86. The molecule has 1 aliphatic rings.